The van der Waals surface area contributed by atoms with E-state index in [1.54, 1.807) is 0 Å². The summed E-state index contributed by atoms with van der Waals surface area (Å²) in [6.45, 7) is 7.77. The minimum absolute atomic E-state index is 0.114. The Morgan fingerprint density at radius 1 is 1.30 bits per heavy atom. The molecule has 2 unspecified atom stereocenters. The second-order valence-corrected chi connectivity index (χ2v) is 7.47. The lowest BCUT2D eigenvalue weighted by Gasteiger charge is -2.58. The third kappa shape index (κ3) is 2.17. The molecule has 3 fully saturated rings. The van der Waals surface area contributed by atoms with Crippen molar-refractivity contribution in [3.05, 3.63) is 0 Å². The zero-order chi connectivity index (χ0) is 14.5. The molecule has 3 saturated carbocycles. The first kappa shape index (κ1) is 14.3. The molecular formula is C16H28N2O2. The van der Waals surface area contributed by atoms with Crippen molar-refractivity contribution in [3.8, 4) is 0 Å². The molecule has 20 heavy (non-hydrogen) atoms. The zero-order valence-electron chi connectivity index (χ0n) is 13.0. The van der Waals surface area contributed by atoms with Gasteiger partial charge in [0.2, 0.25) is 5.91 Å². The zero-order valence-corrected chi connectivity index (χ0v) is 13.0. The fraction of sp³-hybridized carbons (Fsp3) is 0.938. The van der Waals surface area contributed by atoms with Crippen LogP contribution in [-0.2, 0) is 9.53 Å². The Hall–Kier alpha value is -0.610. The molecule has 0 aromatic carbocycles. The molecule has 0 aliphatic heterocycles. The number of nitrogens with two attached hydrogens (primary N) is 1. The fourth-order valence-electron chi connectivity index (χ4n) is 3.42. The van der Waals surface area contributed by atoms with E-state index >= 15 is 0 Å². The number of carbonyl (C=O) groups is 1. The van der Waals surface area contributed by atoms with Crippen LogP contribution in [0.25, 0.3) is 0 Å². The summed E-state index contributed by atoms with van der Waals surface area (Å²) in [7, 11) is 0. The summed E-state index contributed by atoms with van der Waals surface area (Å²) in [5, 5.41) is 0. The third-order valence-corrected chi connectivity index (χ3v) is 5.61. The Kier molecular flexibility index (Phi) is 3.37. The highest BCUT2D eigenvalue weighted by molar-refractivity contribution is 5.89. The highest BCUT2D eigenvalue weighted by Gasteiger charge is 2.64. The van der Waals surface area contributed by atoms with Crippen LogP contribution in [0.5, 0.6) is 0 Å². The van der Waals surface area contributed by atoms with Crippen molar-refractivity contribution in [2.24, 2.45) is 17.1 Å². The Morgan fingerprint density at radius 2 is 1.95 bits per heavy atom. The Morgan fingerprint density at radius 3 is 2.40 bits per heavy atom. The Balaban J connectivity index is 1.71. The maximum absolute atomic E-state index is 13.0. The Labute approximate surface area is 122 Å². The molecule has 1 amide bonds. The first-order valence-corrected chi connectivity index (χ1v) is 8.11. The summed E-state index contributed by atoms with van der Waals surface area (Å²) in [5.74, 6) is 0.905. The van der Waals surface area contributed by atoms with Gasteiger partial charge in [-0.2, -0.15) is 0 Å². The second-order valence-electron chi connectivity index (χ2n) is 7.47. The summed E-state index contributed by atoms with van der Waals surface area (Å²) in [4.78, 5) is 15.1. The average molecular weight is 280 g/mol. The van der Waals surface area contributed by atoms with E-state index in [1.165, 1.54) is 12.8 Å². The minimum Gasteiger partial charge on any atom is -0.378 e. The van der Waals surface area contributed by atoms with Crippen molar-refractivity contribution >= 4 is 5.91 Å². The van der Waals surface area contributed by atoms with Crippen molar-refractivity contribution in [1.82, 2.24) is 4.90 Å². The van der Waals surface area contributed by atoms with Crippen LogP contribution in [0.4, 0.5) is 0 Å². The molecule has 3 aliphatic rings. The molecule has 2 atom stereocenters. The molecule has 0 bridgehead atoms. The van der Waals surface area contributed by atoms with Crippen molar-refractivity contribution < 1.29 is 9.53 Å². The van der Waals surface area contributed by atoms with Crippen LogP contribution in [-0.4, -0.2) is 41.6 Å². The summed E-state index contributed by atoms with van der Waals surface area (Å²) in [6.07, 6.45) is 5.65. The lowest BCUT2D eigenvalue weighted by atomic mass is 9.54. The molecule has 0 heterocycles. The van der Waals surface area contributed by atoms with E-state index in [4.69, 9.17) is 10.5 Å². The van der Waals surface area contributed by atoms with Gasteiger partial charge in [0.1, 0.15) is 5.54 Å². The number of hydrogen-bond donors (Lipinski definition) is 1. The van der Waals surface area contributed by atoms with Gasteiger partial charge < -0.3 is 15.4 Å². The van der Waals surface area contributed by atoms with Crippen molar-refractivity contribution in [1.29, 1.82) is 0 Å². The number of rotatable bonds is 6. The number of nitrogens with zero attached hydrogens (tertiary/aromatic N) is 1. The van der Waals surface area contributed by atoms with Crippen LogP contribution in [0, 0.1) is 11.3 Å². The van der Waals surface area contributed by atoms with Gasteiger partial charge in [0.15, 0.2) is 0 Å². The molecule has 0 radical (unpaired) electrons. The smallest absolute Gasteiger partial charge is 0.243 e. The number of ether oxygens (including phenoxy) is 1. The largest absolute Gasteiger partial charge is 0.378 e. The maximum Gasteiger partial charge on any atom is 0.243 e. The summed E-state index contributed by atoms with van der Waals surface area (Å²) >= 11 is 0. The highest BCUT2D eigenvalue weighted by Crippen LogP contribution is 2.51. The molecule has 3 aliphatic carbocycles. The molecule has 0 saturated heterocycles. The molecule has 114 valence electrons. The van der Waals surface area contributed by atoms with Gasteiger partial charge in [-0.05, 0) is 38.5 Å². The van der Waals surface area contributed by atoms with Gasteiger partial charge in [0.05, 0.1) is 6.10 Å². The molecule has 0 spiro atoms. The van der Waals surface area contributed by atoms with E-state index in [0.29, 0.717) is 19.1 Å². The fourth-order valence-corrected chi connectivity index (χ4v) is 3.42. The van der Waals surface area contributed by atoms with Crippen LogP contribution in [0.15, 0.2) is 0 Å². The van der Waals surface area contributed by atoms with Gasteiger partial charge in [-0.3, -0.25) is 4.79 Å². The number of hydrogen-bond acceptors (Lipinski definition) is 3. The first-order chi connectivity index (χ1) is 9.40. The van der Waals surface area contributed by atoms with Gasteiger partial charge in [-0.15, -0.1) is 0 Å². The van der Waals surface area contributed by atoms with Gasteiger partial charge in [0, 0.05) is 31.0 Å². The molecule has 2 N–H and O–H groups in total. The summed E-state index contributed by atoms with van der Waals surface area (Å²) < 4.78 is 5.74. The average Bonchev–Trinajstić information content (AvgIpc) is 3.27. The number of amides is 1. The standard InChI is InChI=1S/C16H28N2O2/c1-4-20-13-9-16(17,15(13,2)3)14(19)18(12-7-8-12)10-11-5-6-11/h11-13H,4-10,17H2,1-3H3. The SMILES string of the molecule is CCOC1CC(N)(C(=O)N(CC2CC2)C2CC2)C1(C)C. The van der Waals surface area contributed by atoms with Gasteiger partial charge in [0.25, 0.3) is 0 Å². The molecule has 0 aromatic heterocycles. The summed E-state index contributed by atoms with van der Waals surface area (Å²) in [6, 6.07) is 0.463. The first-order valence-electron chi connectivity index (χ1n) is 8.11. The molecule has 4 heteroatoms. The van der Waals surface area contributed by atoms with Gasteiger partial charge in [-0.25, -0.2) is 0 Å². The lowest BCUT2D eigenvalue weighted by molar-refractivity contribution is -0.180. The molecule has 3 rings (SSSR count). The van der Waals surface area contributed by atoms with E-state index in [1.807, 2.05) is 6.92 Å². The third-order valence-electron chi connectivity index (χ3n) is 5.61. The van der Waals surface area contributed by atoms with Crippen LogP contribution >= 0.6 is 0 Å². The predicted octanol–water partition coefficient (Wildman–Crippen LogP) is 1.92. The quantitative estimate of drug-likeness (QED) is 0.808. The number of carbonyl (C=O) groups excluding carboxylic acids is 1. The van der Waals surface area contributed by atoms with Gasteiger partial charge in [-0.1, -0.05) is 13.8 Å². The van der Waals surface area contributed by atoms with Crippen LogP contribution in [0.3, 0.4) is 0 Å². The van der Waals surface area contributed by atoms with Crippen LogP contribution in [0.2, 0.25) is 0 Å². The molecular weight excluding hydrogens is 252 g/mol. The van der Waals surface area contributed by atoms with Crippen LogP contribution < -0.4 is 5.73 Å². The van der Waals surface area contributed by atoms with E-state index in [2.05, 4.69) is 18.7 Å². The van der Waals surface area contributed by atoms with Crippen molar-refractivity contribution in [2.75, 3.05) is 13.2 Å². The maximum atomic E-state index is 13.0. The van der Waals surface area contributed by atoms with E-state index in [9.17, 15) is 4.79 Å². The van der Waals surface area contributed by atoms with Crippen molar-refractivity contribution in [2.45, 2.75) is 70.6 Å². The van der Waals surface area contributed by atoms with E-state index in [-0.39, 0.29) is 17.4 Å². The molecule has 0 aromatic rings. The van der Waals surface area contributed by atoms with E-state index < -0.39 is 5.54 Å². The lowest BCUT2D eigenvalue weighted by Crippen LogP contribution is -2.76. The predicted molar refractivity (Wildman–Crippen MR) is 78.2 cm³/mol. The monoisotopic (exact) mass is 280 g/mol. The summed E-state index contributed by atoms with van der Waals surface area (Å²) in [5.41, 5.74) is 5.54. The topological polar surface area (TPSA) is 55.6 Å². The molecule has 4 nitrogen and oxygen atoms in total. The van der Waals surface area contributed by atoms with Crippen LogP contribution in [0.1, 0.15) is 52.9 Å². The Bertz CT molecular complexity index is 401. The van der Waals surface area contributed by atoms with Gasteiger partial charge >= 0.3 is 0 Å². The van der Waals surface area contributed by atoms with Crippen molar-refractivity contribution in [3.63, 3.8) is 0 Å². The minimum atomic E-state index is -0.732. The normalized spacial score (nSPS) is 35.5. The van der Waals surface area contributed by atoms with E-state index in [0.717, 1.165) is 25.3 Å². The highest BCUT2D eigenvalue weighted by atomic mass is 16.5. The second kappa shape index (κ2) is 4.70.